The Balaban J connectivity index is 2.59. The van der Waals surface area contributed by atoms with Gasteiger partial charge in [-0.2, -0.15) is 5.10 Å². The maximum absolute atomic E-state index is 11.4. The van der Waals surface area contributed by atoms with Gasteiger partial charge in [-0.1, -0.05) is 19.8 Å². The number of hydrazone groups is 1. The van der Waals surface area contributed by atoms with Crippen LogP contribution in [0, 0.1) is 10.1 Å². The van der Waals surface area contributed by atoms with E-state index in [1.807, 2.05) is 6.92 Å². The predicted molar refractivity (Wildman–Crippen MR) is 74.6 cm³/mol. The van der Waals surface area contributed by atoms with Crippen molar-refractivity contribution in [3.63, 3.8) is 0 Å². The highest BCUT2D eigenvalue weighted by Gasteiger charge is 2.08. The van der Waals surface area contributed by atoms with Crippen LogP contribution in [0.2, 0.25) is 0 Å². The van der Waals surface area contributed by atoms with Crippen molar-refractivity contribution in [1.29, 1.82) is 0 Å². The van der Waals surface area contributed by atoms with Crippen molar-refractivity contribution in [3.8, 4) is 5.75 Å². The number of nitrogens with one attached hydrogen (secondary N) is 1. The van der Waals surface area contributed by atoms with Crippen molar-refractivity contribution in [2.24, 2.45) is 5.10 Å². The van der Waals surface area contributed by atoms with Gasteiger partial charge in [0.25, 0.3) is 5.69 Å². The smallest absolute Gasteiger partial charge is 0.270 e. The summed E-state index contributed by atoms with van der Waals surface area (Å²) in [5.74, 6) is -0.362. The number of benzene rings is 1. The minimum Gasteiger partial charge on any atom is -0.507 e. The van der Waals surface area contributed by atoms with E-state index in [4.69, 9.17) is 0 Å². The molecule has 0 bridgehead atoms. The quantitative estimate of drug-likeness (QED) is 0.346. The number of phenolic OH excluding ortho intramolecular Hbond substituents is 1. The first-order chi connectivity index (χ1) is 9.54. The molecule has 0 saturated heterocycles. The van der Waals surface area contributed by atoms with E-state index >= 15 is 0 Å². The molecule has 1 amide bonds. The Morgan fingerprint density at radius 3 is 2.90 bits per heavy atom. The molecular formula is C13H17N3O4. The summed E-state index contributed by atoms with van der Waals surface area (Å²) in [6, 6.07) is 3.58. The normalized spacial score (nSPS) is 10.7. The summed E-state index contributed by atoms with van der Waals surface area (Å²) < 4.78 is 0. The Kier molecular flexibility index (Phi) is 6.15. The molecule has 0 unspecified atom stereocenters. The molecule has 0 aromatic heterocycles. The van der Waals surface area contributed by atoms with Crippen LogP contribution >= 0.6 is 0 Å². The van der Waals surface area contributed by atoms with E-state index in [0.717, 1.165) is 19.3 Å². The molecular weight excluding hydrogens is 262 g/mol. The largest absolute Gasteiger partial charge is 0.507 e. The molecule has 7 heteroatoms. The van der Waals surface area contributed by atoms with E-state index in [2.05, 4.69) is 10.5 Å². The first-order valence-electron chi connectivity index (χ1n) is 6.34. The van der Waals surface area contributed by atoms with Crippen molar-refractivity contribution in [2.45, 2.75) is 32.6 Å². The molecule has 2 N–H and O–H groups in total. The summed E-state index contributed by atoms with van der Waals surface area (Å²) in [4.78, 5) is 21.4. The topological polar surface area (TPSA) is 105 Å². The van der Waals surface area contributed by atoms with Gasteiger partial charge in [0.2, 0.25) is 5.91 Å². The van der Waals surface area contributed by atoms with Gasteiger partial charge in [0.15, 0.2) is 0 Å². The van der Waals surface area contributed by atoms with Crippen molar-refractivity contribution in [2.75, 3.05) is 0 Å². The van der Waals surface area contributed by atoms with Crippen LogP contribution < -0.4 is 5.43 Å². The lowest BCUT2D eigenvalue weighted by Crippen LogP contribution is -2.16. The summed E-state index contributed by atoms with van der Waals surface area (Å²) in [5.41, 5.74) is 2.34. The lowest BCUT2D eigenvalue weighted by Gasteiger charge is -2.00. The van der Waals surface area contributed by atoms with Crippen LogP contribution in [-0.2, 0) is 4.79 Å². The molecule has 0 aliphatic rings. The highest BCUT2D eigenvalue weighted by atomic mass is 16.6. The molecule has 0 aliphatic heterocycles. The zero-order valence-electron chi connectivity index (χ0n) is 11.2. The molecule has 0 radical (unpaired) electrons. The molecule has 0 atom stereocenters. The third-order valence-electron chi connectivity index (χ3n) is 2.62. The van der Waals surface area contributed by atoms with Gasteiger partial charge in [-0.25, -0.2) is 5.43 Å². The fourth-order valence-corrected chi connectivity index (χ4v) is 1.52. The number of nitro benzene ring substituents is 1. The van der Waals surface area contributed by atoms with Crippen LogP contribution in [0.5, 0.6) is 5.75 Å². The SMILES string of the molecule is CCCCCC(=O)NN=Cc1cc([N+](=O)[O-])ccc1O. The van der Waals surface area contributed by atoms with E-state index in [-0.39, 0.29) is 22.9 Å². The molecule has 1 rings (SSSR count). The van der Waals surface area contributed by atoms with Crippen molar-refractivity contribution >= 4 is 17.8 Å². The van der Waals surface area contributed by atoms with Gasteiger partial charge in [-0.15, -0.1) is 0 Å². The van der Waals surface area contributed by atoms with E-state index < -0.39 is 4.92 Å². The van der Waals surface area contributed by atoms with Gasteiger partial charge in [-0.05, 0) is 12.5 Å². The van der Waals surface area contributed by atoms with Gasteiger partial charge in [0, 0.05) is 24.1 Å². The molecule has 1 aromatic rings. The van der Waals surface area contributed by atoms with Gasteiger partial charge in [-0.3, -0.25) is 14.9 Å². The van der Waals surface area contributed by atoms with Gasteiger partial charge >= 0.3 is 0 Å². The predicted octanol–water partition coefficient (Wildman–Crippen LogP) is 2.33. The Labute approximate surface area is 116 Å². The van der Waals surface area contributed by atoms with E-state index in [1.165, 1.54) is 24.4 Å². The number of hydrogen-bond donors (Lipinski definition) is 2. The fourth-order valence-electron chi connectivity index (χ4n) is 1.52. The second-order valence-electron chi connectivity index (χ2n) is 4.25. The lowest BCUT2D eigenvalue weighted by molar-refractivity contribution is -0.384. The summed E-state index contributed by atoms with van der Waals surface area (Å²) in [5, 5.41) is 23.8. The number of hydrogen-bond acceptors (Lipinski definition) is 5. The van der Waals surface area contributed by atoms with E-state index in [9.17, 15) is 20.0 Å². The standard InChI is InChI=1S/C13H17N3O4/c1-2-3-4-5-13(18)15-14-9-10-8-11(16(19)20)6-7-12(10)17/h6-9,17H,2-5H2,1H3,(H,15,18). The number of nitro groups is 1. The Morgan fingerprint density at radius 2 is 2.25 bits per heavy atom. The average molecular weight is 279 g/mol. The third-order valence-corrected chi connectivity index (χ3v) is 2.62. The molecule has 0 fully saturated rings. The maximum atomic E-state index is 11.4. The number of non-ortho nitro benzene ring substituents is 1. The zero-order valence-corrected chi connectivity index (χ0v) is 11.2. The number of rotatable bonds is 7. The number of phenols is 1. The van der Waals surface area contributed by atoms with Crippen LogP contribution in [0.15, 0.2) is 23.3 Å². The first kappa shape index (κ1) is 15.6. The molecule has 0 saturated carbocycles. The van der Waals surface area contributed by atoms with Crippen LogP contribution in [0.3, 0.4) is 0 Å². The van der Waals surface area contributed by atoms with E-state index in [1.54, 1.807) is 0 Å². The molecule has 108 valence electrons. The summed E-state index contributed by atoms with van der Waals surface area (Å²) >= 11 is 0. The summed E-state index contributed by atoms with van der Waals surface area (Å²) in [6.07, 6.45) is 4.35. The highest BCUT2D eigenvalue weighted by molar-refractivity contribution is 5.85. The Bertz CT molecular complexity index is 514. The molecule has 0 aliphatic carbocycles. The lowest BCUT2D eigenvalue weighted by atomic mass is 10.2. The number of amides is 1. The van der Waals surface area contributed by atoms with Crippen molar-refractivity contribution in [1.82, 2.24) is 5.43 Å². The average Bonchev–Trinajstić information content (AvgIpc) is 2.41. The number of unbranched alkanes of at least 4 members (excludes halogenated alkanes) is 2. The van der Waals surface area contributed by atoms with Crippen LogP contribution in [0.25, 0.3) is 0 Å². The van der Waals surface area contributed by atoms with Crippen LogP contribution in [-0.4, -0.2) is 22.2 Å². The minimum absolute atomic E-state index is 0.139. The van der Waals surface area contributed by atoms with Crippen LogP contribution in [0.1, 0.15) is 38.2 Å². The molecule has 1 aromatic carbocycles. The second-order valence-corrected chi connectivity index (χ2v) is 4.25. The Hall–Kier alpha value is -2.44. The maximum Gasteiger partial charge on any atom is 0.270 e. The van der Waals surface area contributed by atoms with Crippen molar-refractivity contribution < 1.29 is 14.8 Å². The molecule has 7 nitrogen and oxygen atoms in total. The monoisotopic (exact) mass is 279 g/mol. The number of aromatic hydroxyl groups is 1. The number of carbonyl (C=O) groups is 1. The highest BCUT2D eigenvalue weighted by Crippen LogP contribution is 2.21. The van der Waals surface area contributed by atoms with Gasteiger partial charge in [0.05, 0.1) is 11.1 Å². The third kappa shape index (κ3) is 5.05. The first-order valence-corrected chi connectivity index (χ1v) is 6.34. The second kappa shape index (κ2) is 7.88. The van der Waals surface area contributed by atoms with E-state index in [0.29, 0.717) is 6.42 Å². The Morgan fingerprint density at radius 1 is 1.50 bits per heavy atom. The summed E-state index contributed by atoms with van der Waals surface area (Å²) in [6.45, 7) is 2.04. The molecule has 20 heavy (non-hydrogen) atoms. The molecule has 0 spiro atoms. The summed E-state index contributed by atoms with van der Waals surface area (Å²) in [7, 11) is 0. The van der Waals surface area contributed by atoms with Gasteiger partial charge < -0.3 is 5.11 Å². The number of carbonyl (C=O) groups excluding carboxylic acids is 1. The van der Waals surface area contributed by atoms with Crippen molar-refractivity contribution in [3.05, 3.63) is 33.9 Å². The zero-order chi connectivity index (χ0) is 15.0. The fraction of sp³-hybridized carbons (Fsp3) is 0.385. The molecule has 0 heterocycles. The minimum atomic E-state index is -0.569. The van der Waals surface area contributed by atoms with Crippen LogP contribution in [0.4, 0.5) is 5.69 Å². The van der Waals surface area contributed by atoms with Gasteiger partial charge in [0.1, 0.15) is 5.75 Å². The number of nitrogens with zero attached hydrogens (tertiary/aromatic N) is 2.